The van der Waals surface area contributed by atoms with Gasteiger partial charge in [-0.2, -0.15) is 0 Å². The Hall–Kier alpha value is -1.81. The Morgan fingerprint density at radius 2 is 2.12 bits per heavy atom. The number of carbonyl (C=O) groups excluding carboxylic acids is 1. The van der Waals surface area contributed by atoms with Gasteiger partial charge in [0.15, 0.2) is 0 Å². The number of furan rings is 1. The molecule has 1 aliphatic heterocycles. The second kappa shape index (κ2) is 3.89. The molecule has 2 N–H and O–H groups in total. The third-order valence-corrected chi connectivity index (χ3v) is 3.24. The van der Waals surface area contributed by atoms with Crippen molar-refractivity contribution in [3.63, 3.8) is 0 Å². The molecule has 4 heteroatoms. The summed E-state index contributed by atoms with van der Waals surface area (Å²) in [6.07, 6.45) is 2.16. The summed E-state index contributed by atoms with van der Waals surface area (Å²) in [4.78, 5) is 11.8. The van der Waals surface area contributed by atoms with Crippen molar-refractivity contribution in [2.75, 3.05) is 0 Å². The van der Waals surface area contributed by atoms with Crippen LogP contribution >= 0.6 is 0 Å². The average Bonchev–Trinajstić information content (AvgIpc) is 2.73. The Labute approximate surface area is 98.2 Å². The lowest BCUT2D eigenvalue weighted by Crippen LogP contribution is -2.42. The van der Waals surface area contributed by atoms with E-state index in [1.54, 1.807) is 6.26 Å². The first-order chi connectivity index (χ1) is 8.25. The maximum Gasteiger partial charge on any atom is 0.229 e. The van der Waals surface area contributed by atoms with Crippen LogP contribution in [0.3, 0.4) is 0 Å². The minimum Gasteiger partial charge on any atom is -0.464 e. The molecular weight excluding hydrogens is 218 g/mol. The van der Waals surface area contributed by atoms with Crippen LogP contribution in [-0.4, -0.2) is 17.2 Å². The molecule has 3 rings (SSSR count). The summed E-state index contributed by atoms with van der Waals surface area (Å²) in [6, 6.07) is 7.66. The Morgan fingerprint density at radius 1 is 1.29 bits per heavy atom. The van der Waals surface area contributed by atoms with E-state index >= 15 is 0 Å². The number of fused-ring (bicyclic) bond motifs is 1. The van der Waals surface area contributed by atoms with E-state index < -0.39 is 6.23 Å². The summed E-state index contributed by atoms with van der Waals surface area (Å²) < 4.78 is 5.43. The molecule has 0 spiro atoms. The fourth-order valence-corrected chi connectivity index (χ4v) is 2.36. The van der Waals surface area contributed by atoms with Gasteiger partial charge in [-0.1, -0.05) is 18.2 Å². The van der Waals surface area contributed by atoms with Gasteiger partial charge in [0.25, 0.3) is 0 Å². The first-order valence-corrected chi connectivity index (χ1v) is 5.70. The lowest BCUT2D eigenvalue weighted by Gasteiger charge is -2.25. The lowest BCUT2D eigenvalue weighted by molar-refractivity contribution is -0.128. The third kappa shape index (κ3) is 1.70. The maximum absolute atomic E-state index is 11.8. The van der Waals surface area contributed by atoms with Gasteiger partial charge < -0.3 is 14.8 Å². The van der Waals surface area contributed by atoms with Gasteiger partial charge in [0.05, 0.1) is 12.2 Å². The summed E-state index contributed by atoms with van der Waals surface area (Å²) in [5, 5.41) is 12.9. The summed E-state index contributed by atoms with van der Waals surface area (Å²) in [5.74, 6) is -0.350. The van der Waals surface area contributed by atoms with Crippen molar-refractivity contribution < 1.29 is 14.3 Å². The molecule has 1 aliphatic rings. The zero-order chi connectivity index (χ0) is 11.8. The molecule has 2 heterocycles. The highest BCUT2D eigenvalue weighted by molar-refractivity contribution is 5.91. The highest BCUT2D eigenvalue weighted by Gasteiger charge is 2.30. The standard InChI is InChI=1S/C13H13NO3/c15-12-6-5-9(13(16)14-12)10-7-17-11-4-2-1-3-8(10)11/h1-4,7,9,12,15H,5-6H2,(H,14,16). The summed E-state index contributed by atoms with van der Waals surface area (Å²) >= 11 is 0. The van der Waals surface area contributed by atoms with Crippen molar-refractivity contribution in [2.24, 2.45) is 0 Å². The molecule has 1 amide bonds. The third-order valence-electron chi connectivity index (χ3n) is 3.24. The Balaban J connectivity index is 2.01. The van der Waals surface area contributed by atoms with E-state index in [1.807, 2.05) is 24.3 Å². The molecule has 1 fully saturated rings. The van der Waals surface area contributed by atoms with E-state index in [0.717, 1.165) is 16.5 Å². The minimum absolute atomic E-state index is 0.129. The number of aliphatic hydroxyl groups excluding tert-OH is 1. The van der Waals surface area contributed by atoms with Gasteiger partial charge >= 0.3 is 0 Å². The van der Waals surface area contributed by atoms with Crippen LogP contribution in [0.2, 0.25) is 0 Å². The van der Waals surface area contributed by atoms with E-state index in [0.29, 0.717) is 12.8 Å². The molecule has 17 heavy (non-hydrogen) atoms. The van der Waals surface area contributed by atoms with E-state index in [-0.39, 0.29) is 11.8 Å². The van der Waals surface area contributed by atoms with Crippen LogP contribution in [0.25, 0.3) is 11.0 Å². The first kappa shape index (κ1) is 10.4. The van der Waals surface area contributed by atoms with Gasteiger partial charge in [-0.05, 0) is 18.9 Å². The van der Waals surface area contributed by atoms with Crippen molar-refractivity contribution in [1.82, 2.24) is 5.32 Å². The number of amides is 1. The second-order valence-corrected chi connectivity index (χ2v) is 4.34. The topological polar surface area (TPSA) is 62.5 Å². The van der Waals surface area contributed by atoms with Crippen LogP contribution < -0.4 is 5.32 Å². The van der Waals surface area contributed by atoms with Gasteiger partial charge in [-0.25, -0.2) is 0 Å². The molecule has 4 nitrogen and oxygen atoms in total. The highest BCUT2D eigenvalue weighted by Crippen LogP contribution is 2.32. The molecule has 2 atom stereocenters. The number of nitrogens with one attached hydrogen (secondary N) is 1. The first-order valence-electron chi connectivity index (χ1n) is 5.70. The summed E-state index contributed by atoms with van der Waals surface area (Å²) in [6.45, 7) is 0. The largest absolute Gasteiger partial charge is 0.464 e. The van der Waals surface area contributed by atoms with Crippen LogP contribution in [0.1, 0.15) is 24.3 Å². The maximum atomic E-state index is 11.8. The number of rotatable bonds is 1. The number of carbonyl (C=O) groups is 1. The van der Waals surface area contributed by atoms with Crippen molar-refractivity contribution in [3.05, 3.63) is 36.1 Å². The van der Waals surface area contributed by atoms with E-state index in [4.69, 9.17) is 4.42 Å². The highest BCUT2D eigenvalue weighted by atomic mass is 16.3. The number of hydrogen-bond donors (Lipinski definition) is 2. The number of benzene rings is 1. The van der Waals surface area contributed by atoms with Gasteiger partial charge in [-0.15, -0.1) is 0 Å². The van der Waals surface area contributed by atoms with Crippen LogP contribution in [0, 0.1) is 0 Å². The Bertz CT molecular complexity index is 561. The van der Waals surface area contributed by atoms with Crippen molar-refractivity contribution in [3.8, 4) is 0 Å². The monoisotopic (exact) mass is 231 g/mol. The molecule has 1 saturated heterocycles. The molecular formula is C13H13NO3. The van der Waals surface area contributed by atoms with Gasteiger partial charge in [-0.3, -0.25) is 4.79 Å². The van der Waals surface area contributed by atoms with Gasteiger partial charge in [0.2, 0.25) is 5.91 Å². The predicted octanol–water partition coefficient (Wildman–Crippen LogP) is 1.74. The normalized spacial score (nSPS) is 24.9. The van der Waals surface area contributed by atoms with Crippen LogP contribution in [0.15, 0.2) is 34.9 Å². The quantitative estimate of drug-likeness (QED) is 0.785. The average molecular weight is 231 g/mol. The Kier molecular flexibility index (Phi) is 2.37. The molecule has 2 aromatic rings. The summed E-state index contributed by atoms with van der Waals surface area (Å²) in [7, 11) is 0. The van der Waals surface area contributed by atoms with Crippen molar-refractivity contribution in [1.29, 1.82) is 0 Å². The minimum atomic E-state index is -0.711. The van der Waals surface area contributed by atoms with Crippen molar-refractivity contribution in [2.45, 2.75) is 25.0 Å². The predicted molar refractivity (Wildman–Crippen MR) is 62.3 cm³/mol. The SMILES string of the molecule is O=C1NC(O)CCC1c1coc2ccccc12. The fraction of sp³-hybridized carbons (Fsp3) is 0.308. The van der Waals surface area contributed by atoms with E-state index in [9.17, 15) is 9.90 Å². The molecule has 0 bridgehead atoms. The number of hydrogen-bond acceptors (Lipinski definition) is 3. The smallest absolute Gasteiger partial charge is 0.229 e. The molecule has 88 valence electrons. The van der Waals surface area contributed by atoms with E-state index in [2.05, 4.69) is 5.32 Å². The molecule has 1 aromatic carbocycles. The summed E-state index contributed by atoms with van der Waals surface area (Å²) in [5.41, 5.74) is 1.70. The number of aliphatic hydroxyl groups is 1. The molecule has 0 aliphatic carbocycles. The Morgan fingerprint density at radius 3 is 2.94 bits per heavy atom. The number of piperidine rings is 1. The number of para-hydroxylation sites is 1. The molecule has 0 saturated carbocycles. The van der Waals surface area contributed by atoms with E-state index in [1.165, 1.54) is 0 Å². The fourth-order valence-electron chi connectivity index (χ4n) is 2.36. The lowest BCUT2D eigenvalue weighted by atomic mass is 9.90. The second-order valence-electron chi connectivity index (χ2n) is 4.34. The van der Waals surface area contributed by atoms with Crippen molar-refractivity contribution >= 4 is 16.9 Å². The zero-order valence-corrected chi connectivity index (χ0v) is 9.22. The zero-order valence-electron chi connectivity index (χ0n) is 9.22. The molecule has 2 unspecified atom stereocenters. The van der Waals surface area contributed by atoms with Crippen LogP contribution in [-0.2, 0) is 4.79 Å². The van der Waals surface area contributed by atoms with Crippen LogP contribution in [0.4, 0.5) is 0 Å². The van der Waals surface area contributed by atoms with Gasteiger partial charge in [0.1, 0.15) is 11.8 Å². The molecule has 1 aromatic heterocycles. The van der Waals surface area contributed by atoms with Crippen LogP contribution in [0.5, 0.6) is 0 Å². The van der Waals surface area contributed by atoms with Gasteiger partial charge in [0, 0.05) is 10.9 Å². The molecule has 0 radical (unpaired) electrons.